The van der Waals surface area contributed by atoms with Crippen LogP contribution in [0.1, 0.15) is 39.0 Å². The second kappa shape index (κ2) is 8.10. The number of nitrogens with zero attached hydrogens (tertiary/aromatic N) is 1. The number of hydrogen-bond acceptors (Lipinski definition) is 3. The Morgan fingerprint density at radius 3 is 3.10 bits per heavy atom. The highest BCUT2D eigenvalue weighted by atomic mass is 16.5. The molecule has 1 aromatic rings. The smallest absolute Gasteiger partial charge is 0.292 e. The third kappa shape index (κ3) is 4.37. The molecule has 1 aliphatic heterocycles. The number of rotatable bonds is 7. The van der Waals surface area contributed by atoms with Gasteiger partial charge >= 0.3 is 0 Å². The van der Waals surface area contributed by atoms with Crippen LogP contribution < -0.4 is 15.6 Å². The van der Waals surface area contributed by atoms with E-state index in [9.17, 15) is 4.79 Å². The van der Waals surface area contributed by atoms with E-state index in [-0.39, 0.29) is 5.56 Å². The van der Waals surface area contributed by atoms with E-state index >= 15 is 0 Å². The van der Waals surface area contributed by atoms with Gasteiger partial charge in [-0.2, -0.15) is 0 Å². The zero-order chi connectivity index (χ0) is 14.2. The van der Waals surface area contributed by atoms with Gasteiger partial charge in [0, 0.05) is 12.7 Å². The number of pyridine rings is 1. The first-order valence-electron chi connectivity index (χ1n) is 7.84. The summed E-state index contributed by atoms with van der Waals surface area (Å²) in [6.07, 6.45) is 7.59. The minimum absolute atomic E-state index is 0.00886. The Balaban J connectivity index is 1.93. The van der Waals surface area contributed by atoms with Crippen molar-refractivity contribution in [3.05, 3.63) is 28.7 Å². The van der Waals surface area contributed by atoms with E-state index in [1.165, 1.54) is 12.8 Å². The SMILES string of the molecule is CCCCCOc1cccn(CC2CCCNC2)c1=O. The molecule has 1 atom stereocenters. The van der Waals surface area contributed by atoms with Gasteiger partial charge in [-0.15, -0.1) is 0 Å². The van der Waals surface area contributed by atoms with Gasteiger partial charge in [0.2, 0.25) is 0 Å². The predicted octanol–water partition coefficient (Wildman–Crippen LogP) is 2.42. The zero-order valence-corrected chi connectivity index (χ0v) is 12.4. The standard InChI is InChI=1S/C16H26N2O2/c1-2-3-4-11-20-15-8-6-10-18(16(15)19)13-14-7-5-9-17-12-14/h6,8,10,14,17H,2-5,7,9,11-13H2,1H3. The second-order valence-electron chi connectivity index (χ2n) is 5.60. The van der Waals surface area contributed by atoms with Crippen molar-refractivity contribution in [3.8, 4) is 5.75 Å². The summed E-state index contributed by atoms with van der Waals surface area (Å²) in [6, 6.07) is 3.69. The lowest BCUT2D eigenvalue weighted by Gasteiger charge is -2.23. The molecular weight excluding hydrogens is 252 g/mol. The molecule has 0 radical (unpaired) electrons. The highest BCUT2D eigenvalue weighted by Gasteiger charge is 2.14. The van der Waals surface area contributed by atoms with Crippen molar-refractivity contribution >= 4 is 0 Å². The molecule has 4 heteroatoms. The van der Waals surface area contributed by atoms with Gasteiger partial charge in [0.05, 0.1) is 6.61 Å². The summed E-state index contributed by atoms with van der Waals surface area (Å²) in [7, 11) is 0. The monoisotopic (exact) mass is 278 g/mol. The highest BCUT2D eigenvalue weighted by molar-refractivity contribution is 5.17. The third-order valence-corrected chi connectivity index (χ3v) is 3.84. The van der Waals surface area contributed by atoms with Crippen LogP contribution in [0.25, 0.3) is 0 Å². The molecule has 1 aromatic heterocycles. The maximum atomic E-state index is 12.3. The fourth-order valence-corrected chi connectivity index (χ4v) is 2.66. The molecular formula is C16H26N2O2. The van der Waals surface area contributed by atoms with Crippen LogP contribution in [0, 0.1) is 5.92 Å². The van der Waals surface area contributed by atoms with E-state index in [2.05, 4.69) is 12.2 Å². The van der Waals surface area contributed by atoms with Crippen molar-refractivity contribution < 1.29 is 4.74 Å². The summed E-state index contributed by atoms with van der Waals surface area (Å²) in [5.41, 5.74) is 0.00886. The van der Waals surface area contributed by atoms with E-state index in [0.717, 1.165) is 38.9 Å². The van der Waals surface area contributed by atoms with Gasteiger partial charge in [-0.3, -0.25) is 4.79 Å². The average molecular weight is 278 g/mol. The Labute approximate surface area is 121 Å². The Kier molecular flexibility index (Phi) is 6.12. The summed E-state index contributed by atoms with van der Waals surface area (Å²) in [4.78, 5) is 12.3. The number of piperidine rings is 1. The molecule has 2 heterocycles. The van der Waals surface area contributed by atoms with Crippen LogP contribution in [0.4, 0.5) is 0 Å². The molecule has 4 nitrogen and oxygen atoms in total. The Hall–Kier alpha value is -1.29. The zero-order valence-electron chi connectivity index (χ0n) is 12.4. The Bertz CT molecular complexity index is 450. The van der Waals surface area contributed by atoms with Crippen LogP contribution in [0.15, 0.2) is 23.1 Å². The van der Waals surface area contributed by atoms with Crippen LogP contribution in [-0.2, 0) is 6.54 Å². The van der Waals surface area contributed by atoms with Crippen LogP contribution in [0.2, 0.25) is 0 Å². The third-order valence-electron chi connectivity index (χ3n) is 3.84. The van der Waals surface area contributed by atoms with E-state index in [0.29, 0.717) is 18.3 Å². The molecule has 1 unspecified atom stereocenters. The molecule has 112 valence electrons. The fourth-order valence-electron chi connectivity index (χ4n) is 2.66. The largest absolute Gasteiger partial charge is 0.488 e. The van der Waals surface area contributed by atoms with Crippen molar-refractivity contribution in [3.63, 3.8) is 0 Å². The van der Waals surface area contributed by atoms with Gasteiger partial charge in [-0.05, 0) is 50.4 Å². The molecule has 0 aliphatic carbocycles. The normalized spacial score (nSPS) is 18.9. The van der Waals surface area contributed by atoms with E-state index in [1.807, 2.05) is 12.3 Å². The lowest BCUT2D eigenvalue weighted by Crippen LogP contribution is -2.34. The van der Waals surface area contributed by atoms with Crippen molar-refractivity contribution in [1.82, 2.24) is 9.88 Å². The number of hydrogen-bond donors (Lipinski definition) is 1. The number of unbranched alkanes of at least 4 members (excludes halogenated alkanes) is 2. The molecule has 1 saturated heterocycles. The highest BCUT2D eigenvalue weighted by Crippen LogP contribution is 2.12. The first kappa shape index (κ1) is 15.1. The van der Waals surface area contributed by atoms with Gasteiger partial charge in [-0.25, -0.2) is 0 Å². The molecule has 0 saturated carbocycles. The summed E-state index contributed by atoms with van der Waals surface area (Å²) in [5.74, 6) is 1.05. The van der Waals surface area contributed by atoms with Crippen molar-refractivity contribution in [2.75, 3.05) is 19.7 Å². The molecule has 20 heavy (non-hydrogen) atoms. The first-order valence-corrected chi connectivity index (χ1v) is 7.84. The number of aromatic nitrogens is 1. The quantitative estimate of drug-likeness (QED) is 0.779. The summed E-state index contributed by atoms with van der Waals surface area (Å²) in [6.45, 7) is 5.70. The number of nitrogens with one attached hydrogen (secondary N) is 1. The summed E-state index contributed by atoms with van der Waals surface area (Å²) >= 11 is 0. The first-order chi connectivity index (χ1) is 9.81. The minimum atomic E-state index is 0.00886. The van der Waals surface area contributed by atoms with Gasteiger partial charge in [0.15, 0.2) is 5.75 Å². The van der Waals surface area contributed by atoms with Gasteiger partial charge in [-0.1, -0.05) is 19.8 Å². The van der Waals surface area contributed by atoms with E-state index in [4.69, 9.17) is 4.74 Å². The maximum Gasteiger partial charge on any atom is 0.292 e. The molecule has 0 amide bonds. The van der Waals surface area contributed by atoms with Gasteiger partial charge < -0.3 is 14.6 Å². The molecule has 1 aliphatic rings. The van der Waals surface area contributed by atoms with E-state index in [1.54, 1.807) is 10.6 Å². The lowest BCUT2D eigenvalue weighted by molar-refractivity contribution is 0.293. The molecule has 1 fully saturated rings. The van der Waals surface area contributed by atoms with Gasteiger partial charge in [0.1, 0.15) is 0 Å². The van der Waals surface area contributed by atoms with Crippen molar-refractivity contribution in [2.24, 2.45) is 5.92 Å². The predicted molar refractivity (Wildman–Crippen MR) is 81.3 cm³/mol. The van der Waals surface area contributed by atoms with Crippen molar-refractivity contribution in [2.45, 2.75) is 45.6 Å². The molecule has 2 rings (SSSR count). The second-order valence-corrected chi connectivity index (χ2v) is 5.60. The fraction of sp³-hybridized carbons (Fsp3) is 0.688. The minimum Gasteiger partial charge on any atom is -0.488 e. The van der Waals surface area contributed by atoms with E-state index < -0.39 is 0 Å². The van der Waals surface area contributed by atoms with Crippen molar-refractivity contribution in [1.29, 1.82) is 0 Å². The molecule has 0 bridgehead atoms. The average Bonchev–Trinajstić information content (AvgIpc) is 2.48. The van der Waals surface area contributed by atoms with Gasteiger partial charge in [0.25, 0.3) is 5.56 Å². The summed E-state index contributed by atoms with van der Waals surface area (Å²) < 4.78 is 7.42. The Morgan fingerprint density at radius 2 is 2.35 bits per heavy atom. The van der Waals surface area contributed by atoms with Crippen LogP contribution >= 0.6 is 0 Å². The summed E-state index contributed by atoms with van der Waals surface area (Å²) in [5, 5.41) is 3.39. The maximum absolute atomic E-state index is 12.3. The molecule has 0 spiro atoms. The topological polar surface area (TPSA) is 43.3 Å². The van der Waals surface area contributed by atoms with Crippen LogP contribution in [-0.4, -0.2) is 24.3 Å². The Morgan fingerprint density at radius 1 is 1.45 bits per heavy atom. The number of ether oxygens (including phenoxy) is 1. The lowest BCUT2D eigenvalue weighted by atomic mass is 10.00. The van der Waals surface area contributed by atoms with Crippen LogP contribution in [0.3, 0.4) is 0 Å². The van der Waals surface area contributed by atoms with Crippen LogP contribution in [0.5, 0.6) is 5.75 Å². The molecule has 1 N–H and O–H groups in total. The molecule has 0 aromatic carbocycles.